The fourth-order valence-electron chi connectivity index (χ4n) is 1.54. The maximum Gasteiger partial charge on any atom is 0.406 e. The molecule has 0 spiro atoms. The standard InChI is InChI=1S/C12H13F3N2O3/c1-7-5-8(3-4-9(7)10(18)19)16-11(20)17(2)6-12(13,14)15/h3-5H,6H2,1-2H3,(H,16,20)(H,18,19). The highest BCUT2D eigenvalue weighted by Gasteiger charge is 2.31. The number of carboxylic acid groups (broad SMARTS) is 1. The number of carboxylic acids is 1. The van der Waals surface area contributed by atoms with Gasteiger partial charge in [-0.1, -0.05) is 0 Å². The van der Waals surface area contributed by atoms with Crippen LogP contribution in [-0.2, 0) is 0 Å². The van der Waals surface area contributed by atoms with Crippen LogP contribution in [0.1, 0.15) is 15.9 Å². The molecule has 0 heterocycles. The normalized spacial score (nSPS) is 11.1. The molecule has 8 heteroatoms. The minimum atomic E-state index is -4.48. The van der Waals surface area contributed by atoms with Gasteiger partial charge >= 0.3 is 18.2 Å². The largest absolute Gasteiger partial charge is 0.478 e. The molecular formula is C12H13F3N2O3. The number of nitrogens with one attached hydrogen (secondary N) is 1. The van der Waals surface area contributed by atoms with E-state index in [9.17, 15) is 22.8 Å². The van der Waals surface area contributed by atoms with Crippen LogP contribution in [0.5, 0.6) is 0 Å². The van der Waals surface area contributed by atoms with Gasteiger partial charge in [0, 0.05) is 12.7 Å². The van der Waals surface area contributed by atoms with Crippen molar-refractivity contribution in [3.05, 3.63) is 29.3 Å². The first-order valence-corrected chi connectivity index (χ1v) is 5.53. The highest BCUT2D eigenvalue weighted by Crippen LogP contribution is 2.18. The summed E-state index contributed by atoms with van der Waals surface area (Å²) >= 11 is 0. The maximum atomic E-state index is 12.1. The third-order valence-electron chi connectivity index (χ3n) is 2.47. The number of hydrogen-bond donors (Lipinski definition) is 2. The van der Waals surface area contributed by atoms with Gasteiger partial charge in [0.15, 0.2) is 0 Å². The molecule has 2 amide bonds. The van der Waals surface area contributed by atoms with E-state index in [1.807, 2.05) is 0 Å². The number of hydrogen-bond acceptors (Lipinski definition) is 2. The number of benzene rings is 1. The number of rotatable bonds is 3. The summed E-state index contributed by atoms with van der Waals surface area (Å²) in [4.78, 5) is 22.8. The van der Waals surface area contributed by atoms with E-state index >= 15 is 0 Å². The summed E-state index contributed by atoms with van der Waals surface area (Å²) in [5, 5.41) is 11.1. The summed E-state index contributed by atoms with van der Waals surface area (Å²) in [6.07, 6.45) is -4.48. The number of urea groups is 1. The quantitative estimate of drug-likeness (QED) is 0.899. The van der Waals surface area contributed by atoms with Crippen molar-refractivity contribution in [2.24, 2.45) is 0 Å². The predicted molar refractivity (Wildman–Crippen MR) is 65.8 cm³/mol. The third-order valence-corrected chi connectivity index (χ3v) is 2.47. The summed E-state index contributed by atoms with van der Waals surface area (Å²) in [6, 6.07) is 3.04. The van der Waals surface area contributed by atoms with Gasteiger partial charge in [-0.05, 0) is 30.7 Å². The van der Waals surface area contributed by atoms with E-state index in [1.165, 1.54) is 25.1 Å². The Hall–Kier alpha value is -2.25. The van der Waals surface area contributed by atoms with E-state index in [1.54, 1.807) is 0 Å². The van der Waals surface area contributed by atoms with Crippen molar-refractivity contribution >= 4 is 17.7 Å². The van der Waals surface area contributed by atoms with Gasteiger partial charge in [-0.25, -0.2) is 9.59 Å². The molecule has 5 nitrogen and oxygen atoms in total. The van der Waals surface area contributed by atoms with Crippen LogP contribution in [-0.4, -0.2) is 41.8 Å². The number of carbonyl (C=O) groups is 2. The molecule has 0 atom stereocenters. The van der Waals surface area contributed by atoms with Gasteiger partial charge in [-0.15, -0.1) is 0 Å². The lowest BCUT2D eigenvalue weighted by molar-refractivity contribution is -0.137. The van der Waals surface area contributed by atoms with Gasteiger partial charge in [-0.2, -0.15) is 13.2 Å². The van der Waals surface area contributed by atoms with Crippen LogP contribution in [0.3, 0.4) is 0 Å². The Labute approximate surface area is 113 Å². The van der Waals surface area contributed by atoms with Gasteiger partial charge < -0.3 is 15.3 Å². The first kappa shape index (κ1) is 15.8. The van der Waals surface area contributed by atoms with E-state index in [2.05, 4.69) is 5.32 Å². The molecule has 0 aromatic heterocycles. The zero-order chi connectivity index (χ0) is 15.5. The molecule has 1 aromatic carbocycles. The number of anilines is 1. The van der Waals surface area contributed by atoms with Gasteiger partial charge in [0.2, 0.25) is 0 Å². The molecule has 0 saturated carbocycles. The number of amides is 2. The van der Waals surface area contributed by atoms with Crippen molar-refractivity contribution in [3.63, 3.8) is 0 Å². The van der Waals surface area contributed by atoms with E-state index in [0.717, 1.165) is 7.05 Å². The molecule has 20 heavy (non-hydrogen) atoms. The van der Waals surface area contributed by atoms with Crippen LogP contribution in [0.2, 0.25) is 0 Å². The van der Waals surface area contributed by atoms with E-state index < -0.39 is 24.7 Å². The lowest BCUT2D eigenvalue weighted by Gasteiger charge is -2.19. The summed E-state index contributed by atoms with van der Waals surface area (Å²) in [5.41, 5.74) is 0.687. The fraction of sp³-hybridized carbons (Fsp3) is 0.333. The number of carbonyl (C=O) groups excluding carboxylic acids is 1. The second-order valence-electron chi connectivity index (χ2n) is 4.24. The molecule has 1 rings (SSSR count). The summed E-state index contributed by atoms with van der Waals surface area (Å²) in [6.45, 7) is 0.156. The first-order chi connectivity index (χ1) is 9.10. The second-order valence-corrected chi connectivity index (χ2v) is 4.24. The molecule has 2 N–H and O–H groups in total. The Bertz CT molecular complexity index is 529. The van der Waals surface area contributed by atoms with Crippen molar-refractivity contribution in [1.29, 1.82) is 0 Å². The van der Waals surface area contributed by atoms with E-state index in [-0.39, 0.29) is 11.3 Å². The van der Waals surface area contributed by atoms with Crippen molar-refractivity contribution in [2.45, 2.75) is 13.1 Å². The predicted octanol–water partition coefficient (Wildman–Crippen LogP) is 2.72. The number of aryl methyl sites for hydroxylation is 1. The molecule has 0 fully saturated rings. The zero-order valence-electron chi connectivity index (χ0n) is 10.8. The third kappa shape index (κ3) is 4.45. The minimum Gasteiger partial charge on any atom is -0.478 e. The van der Waals surface area contributed by atoms with Gasteiger partial charge in [-0.3, -0.25) is 0 Å². The number of alkyl halides is 3. The molecule has 0 aliphatic rings. The molecule has 110 valence electrons. The lowest BCUT2D eigenvalue weighted by Crippen LogP contribution is -2.38. The summed E-state index contributed by atoms with van der Waals surface area (Å²) in [5.74, 6) is -1.12. The van der Waals surface area contributed by atoms with Crippen LogP contribution >= 0.6 is 0 Å². The summed E-state index contributed by atoms with van der Waals surface area (Å²) in [7, 11) is 1.02. The summed E-state index contributed by atoms with van der Waals surface area (Å²) < 4.78 is 36.4. The van der Waals surface area contributed by atoms with Gasteiger partial charge in [0.25, 0.3) is 0 Å². The first-order valence-electron chi connectivity index (χ1n) is 5.53. The van der Waals surface area contributed by atoms with Crippen molar-refractivity contribution in [1.82, 2.24) is 4.90 Å². The Morgan fingerprint density at radius 3 is 2.40 bits per heavy atom. The Morgan fingerprint density at radius 1 is 1.35 bits per heavy atom. The molecule has 0 radical (unpaired) electrons. The lowest BCUT2D eigenvalue weighted by atomic mass is 10.1. The number of nitrogens with zero attached hydrogens (tertiary/aromatic N) is 1. The van der Waals surface area contributed by atoms with Crippen molar-refractivity contribution in [2.75, 3.05) is 18.9 Å². The molecule has 1 aromatic rings. The number of halogens is 3. The van der Waals surface area contributed by atoms with Crippen molar-refractivity contribution < 1.29 is 27.9 Å². The molecule has 0 aliphatic heterocycles. The van der Waals surface area contributed by atoms with Crippen LogP contribution in [0.15, 0.2) is 18.2 Å². The Morgan fingerprint density at radius 2 is 1.95 bits per heavy atom. The van der Waals surface area contributed by atoms with Crippen LogP contribution in [0, 0.1) is 6.92 Å². The number of aromatic carboxylic acids is 1. The fourth-order valence-corrected chi connectivity index (χ4v) is 1.54. The molecule has 0 aliphatic carbocycles. The zero-order valence-corrected chi connectivity index (χ0v) is 10.8. The molecular weight excluding hydrogens is 277 g/mol. The smallest absolute Gasteiger partial charge is 0.406 e. The second kappa shape index (κ2) is 5.81. The Balaban J connectivity index is 2.76. The highest BCUT2D eigenvalue weighted by molar-refractivity contribution is 5.92. The van der Waals surface area contributed by atoms with E-state index in [0.29, 0.717) is 10.5 Å². The average molecular weight is 290 g/mol. The Kier molecular flexibility index (Phi) is 4.59. The van der Waals surface area contributed by atoms with Crippen LogP contribution in [0.4, 0.5) is 23.7 Å². The van der Waals surface area contributed by atoms with Crippen LogP contribution in [0.25, 0.3) is 0 Å². The minimum absolute atomic E-state index is 0.0617. The molecule has 0 unspecified atom stereocenters. The van der Waals surface area contributed by atoms with Crippen LogP contribution < -0.4 is 5.32 Å². The average Bonchev–Trinajstić information content (AvgIpc) is 2.26. The van der Waals surface area contributed by atoms with Gasteiger partial charge in [0.05, 0.1) is 5.56 Å². The van der Waals surface area contributed by atoms with Gasteiger partial charge in [0.1, 0.15) is 6.54 Å². The van der Waals surface area contributed by atoms with Crippen molar-refractivity contribution in [3.8, 4) is 0 Å². The van der Waals surface area contributed by atoms with E-state index in [4.69, 9.17) is 5.11 Å². The SMILES string of the molecule is Cc1cc(NC(=O)N(C)CC(F)(F)F)ccc1C(=O)O. The highest BCUT2D eigenvalue weighted by atomic mass is 19.4. The molecule has 0 bridgehead atoms. The molecule has 0 saturated heterocycles. The topological polar surface area (TPSA) is 69.6 Å². The maximum absolute atomic E-state index is 12.1. The monoisotopic (exact) mass is 290 g/mol.